The van der Waals surface area contributed by atoms with E-state index in [1.165, 1.54) is 18.4 Å². The monoisotopic (exact) mass is 422 g/mol. The van der Waals surface area contributed by atoms with Crippen molar-refractivity contribution in [2.24, 2.45) is 0 Å². The Morgan fingerprint density at radius 2 is 1.61 bits per heavy atom. The molecule has 1 aliphatic heterocycles. The molecule has 1 aliphatic carbocycles. The zero-order valence-corrected chi connectivity index (χ0v) is 18.5. The van der Waals surface area contributed by atoms with Crippen LogP contribution in [-0.2, 0) is 4.79 Å². The number of hydrogen-bond donors (Lipinski definition) is 1. The fraction of sp³-hybridized carbons (Fsp3) is 0.500. The normalized spacial score (nSPS) is 27.5. The lowest BCUT2D eigenvalue weighted by Crippen LogP contribution is -2.53. The predicted octanol–water partition coefficient (Wildman–Crippen LogP) is 3.69. The summed E-state index contributed by atoms with van der Waals surface area (Å²) < 4.78 is 5.93. The second kappa shape index (κ2) is 9.84. The number of benzene rings is 2. The van der Waals surface area contributed by atoms with Crippen LogP contribution >= 0.6 is 0 Å². The van der Waals surface area contributed by atoms with E-state index in [9.17, 15) is 9.90 Å². The molecule has 2 aromatic rings. The lowest BCUT2D eigenvalue weighted by Gasteiger charge is -2.39. The van der Waals surface area contributed by atoms with Gasteiger partial charge >= 0.3 is 0 Å². The van der Waals surface area contributed by atoms with Gasteiger partial charge in [0.1, 0.15) is 18.0 Å². The first-order valence-electron chi connectivity index (χ1n) is 11.5. The zero-order chi connectivity index (χ0) is 21.7. The van der Waals surface area contributed by atoms with Gasteiger partial charge in [-0.1, -0.05) is 48.5 Å². The quantitative estimate of drug-likeness (QED) is 0.799. The molecule has 1 saturated heterocycles. The molecular formula is C26H34N2O3. The minimum Gasteiger partial charge on any atom is -0.490 e. The van der Waals surface area contributed by atoms with E-state index < -0.39 is 5.60 Å². The smallest absolute Gasteiger partial charge is 0.219 e. The van der Waals surface area contributed by atoms with E-state index in [2.05, 4.69) is 35.2 Å². The Balaban J connectivity index is 1.42. The molecule has 0 aromatic heterocycles. The largest absolute Gasteiger partial charge is 0.490 e. The molecule has 1 heterocycles. The van der Waals surface area contributed by atoms with E-state index in [-0.39, 0.29) is 12.5 Å². The van der Waals surface area contributed by atoms with Gasteiger partial charge in [0.25, 0.3) is 0 Å². The summed E-state index contributed by atoms with van der Waals surface area (Å²) in [4.78, 5) is 16.3. The molecular weight excluding hydrogens is 388 g/mol. The van der Waals surface area contributed by atoms with Crippen molar-refractivity contribution in [1.29, 1.82) is 0 Å². The van der Waals surface area contributed by atoms with E-state index in [4.69, 9.17) is 4.74 Å². The lowest BCUT2D eigenvalue weighted by atomic mass is 9.81. The summed E-state index contributed by atoms with van der Waals surface area (Å²) in [6.45, 7) is 4.06. The molecule has 2 aromatic carbocycles. The molecule has 31 heavy (non-hydrogen) atoms. The molecule has 2 aliphatic rings. The number of carbonyl (C=O) groups is 1. The molecule has 166 valence electrons. The Bertz CT molecular complexity index is 836. The Morgan fingerprint density at radius 3 is 2.26 bits per heavy atom. The number of ether oxygens (including phenoxy) is 1. The summed E-state index contributed by atoms with van der Waals surface area (Å²) in [7, 11) is 0. The van der Waals surface area contributed by atoms with Crippen molar-refractivity contribution in [3.05, 3.63) is 66.2 Å². The van der Waals surface area contributed by atoms with E-state index in [1.807, 2.05) is 30.3 Å². The van der Waals surface area contributed by atoms with Gasteiger partial charge < -0.3 is 14.7 Å². The Labute approximate surface area is 185 Å². The Hall–Kier alpha value is -2.37. The number of nitrogens with zero attached hydrogens (tertiary/aromatic N) is 2. The van der Waals surface area contributed by atoms with Crippen molar-refractivity contribution in [2.75, 3.05) is 32.8 Å². The van der Waals surface area contributed by atoms with Gasteiger partial charge in [0, 0.05) is 32.6 Å². The van der Waals surface area contributed by atoms with E-state index in [1.54, 1.807) is 11.8 Å². The number of para-hydroxylation sites is 1. The fourth-order valence-corrected chi connectivity index (χ4v) is 5.10. The van der Waals surface area contributed by atoms with E-state index >= 15 is 0 Å². The number of amides is 1. The Morgan fingerprint density at radius 1 is 0.968 bits per heavy atom. The van der Waals surface area contributed by atoms with Crippen LogP contribution < -0.4 is 4.74 Å². The number of rotatable bonds is 5. The van der Waals surface area contributed by atoms with Crippen LogP contribution in [0.5, 0.6) is 5.75 Å². The van der Waals surface area contributed by atoms with Crippen molar-refractivity contribution in [3.63, 3.8) is 0 Å². The van der Waals surface area contributed by atoms with Crippen LogP contribution in [0.25, 0.3) is 0 Å². The van der Waals surface area contributed by atoms with Crippen molar-refractivity contribution >= 4 is 5.91 Å². The average Bonchev–Trinajstić information content (AvgIpc) is 2.99. The van der Waals surface area contributed by atoms with Gasteiger partial charge in [0.15, 0.2) is 0 Å². The van der Waals surface area contributed by atoms with Crippen molar-refractivity contribution in [1.82, 2.24) is 9.80 Å². The molecule has 4 rings (SSSR count). The second-order valence-electron chi connectivity index (χ2n) is 9.15. The Kier molecular flexibility index (Phi) is 6.93. The highest BCUT2D eigenvalue weighted by Gasteiger charge is 2.39. The van der Waals surface area contributed by atoms with Gasteiger partial charge in [-0.2, -0.15) is 0 Å². The minimum atomic E-state index is -1.09. The van der Waals surface area contributed by atoms with Crippen LogP contribution in [0.3, 0.4) is 0 Å². The standard InChI is InChI=1S/C26H34N2O3/c1-21(29)27-16-17-28(19-26(30,18-27)20-31-25-10-6-3-7-11-25)24-14-12-23(13-15-24)22-8-4-2-5-9-22/h2-11,23-24,30H,12-20H2,1H3. The number of hydrogen-bond acceptors (Lipinski definition) is 4. The van der Waals surface area contributed by atoms with Crippen molar-refractivity contribution in [3.8, 4) is 5.75 Å². The van der Waals surface area contributed by atoms with Gasteiger partial charge in [-0.05, 0) is 49.3 Å². The summed E-state index contributed by atoms with van der Waals surface area (Å²) in [5, 5.41) is 11.5. The zero-order valence-electron chi connectivity index (χ0n) is 18.5. The molecule has 1 unspecified atom stereocenters. The highest BCUT2D eigenvalue weighted by molar-refractivity contribution is 5.73. The first kappa shape index (κ1) is 21.8. The van der Waals surface area contributed by atoms with Crippen LogP contribution in [0.4, 0.5) is 0 Å². The van der Waals surface area contributed by atoms with Crippen molar-refractivity contribution in [2.45, 2.75) is 50.2 Å². The molecule has 5 nitrogen and oxygen atoms in total. The highest BCUT2D eigenvalue weighted by Crippen LogP contribution is 2.35. The molecule has 1 N–H and O–H groups in total. The molecule has 5 heteroatoms. The van der Waals surface area contributed by atoms with Gasteiger partial charge in [-0.3, -0.25) is 9.69 Å². The summed E-state index contributed by atoms with van der Waals surface area (Å²) in [6.07, 6.45) is 4.58. The molecule has 1 atom stereocenters. The molecule has 0 spiro atoms. The maximum atomic E-state index is 12.2. The van der Waals surface area contributed by atoms with E-state index in [0.717, 1.165) is 25.1 Å². The topological polar surface area (TPSA) is 53.0 Å². The lowest BCUT2D eigenvalue weighted by molar-refractivity contribution is -0.132. The van der Waals surface area contributed by atoms with Crippen LogP contribution in [0.2, 0.25) is 0 Å². The van der Waals surface area contributed by atoms with E-state index in [0.29, 0.717) is 31.6 Å². The van der Waals surface area contributed by atoms with Gasteiger partial charge in [-0.15, -0.1) is 0 Å². The van der Waals surface area contributed by atoms with Crippen LogP contribution in [0.1, 0.15) is 44.1 Å². The molecule has 1 amide bonds. The third kappa shape index (κ3) is 5.66. The second-order valence-corrected chi connectivity index (χ2v) is 9.15. The maximum absolute atomic E-state index is 12.2. The summed E-state index contributed by atoms with van der Waals surface area (Å²) in [5.74, 6) is 1.37. The fourth-order valence-electron chi connectivity index (χ4n) is 5.10. The van der Waals surface area contributed by atoms with Gasteiger partial charge in [-0.25, -0.2) is 0 Å². The first-order chi connectivity index (χ1) is 15.0. The summed E-state index contributed by atoms with van der Waals surface area (Å²) in [5.41, 5.74) is 0.348. The third-order valence-corrected chi connectivity index (χ3v) is 6.82. The highest BCUT2D eigenvalue weighted by atomic mass is 16.5. The van der Waals surface area contributed by atoms with Crippen LogP contribution in [0.15, 0.2) is 60.7 Å². The van der Waals surface area contributed by atoms with Crippen LogP contribution in [-0.4, -0.2) is 65.2 Å². The maximum Gasteiger partial charge on any atom is 0.219 e. The minimum absolute atomic E-state index is 0.00720. The summed E-state index contributed by atoms with van der Waals surface area (Å²) >= 11 is 0. The average molecular weight is 423 g/mol. The number of β-amino-alcohol motifs (C(OH)–C–C–N with tert-alkyl or cyclic N) is 1. The van der Waals surface area contributed by atoms with Crippen molar-refractivity contribution < 1.29 is 14.6 Å². The number of carbonyl (C=O) groups excluding carboxylic acids is 1. The number of aliphatic hydroxyl groups is 1. The molecule has 2 fully saturated rings. The SMILES string of the molecule is CC(=O)N1CCN(C2CCC(c3ccccc3)CC2)CC(O)(COc2ccccc2)C1. The predicted molar refractivity (Wildman–Crippen MR) is 122 cm³/mol. The van der Waals surface area contributed by atoms with Crippen LogP contribution in [0, 0.1) is 0 Å². The third-order valence-electron chi connectivity index (χ3n) is 6.82. The first-order valence-corrected chi connectivity index (χ1v) is 11.5. The van der Waals surface area contributed by atoms with Gasteiger partial charge in [0.05, 0.1) is 6.54 Å². The molecule has 1 saturated carbocycles. The molecule has 0 radical (unpaired) electrons. The van der Waals surface area contributed by atoms with Gasteiger partial charge in [0.2, 0.25) is 5.91 Å². The molecule has 0 bridgehead atoms. The summed E-state index contributed by atoms with van der Waals surface area (Å²) in [6, 6.07) is 20.8.